The molecule has 0 saturated heterocycles. The molecule has 0 aliphatic heterocycles. The van der Waals surface area contributed by atoms with Crippen LogP contribution in [0.5, 0.6) is 0 Å². The van der Waals surface area contributed by atoms with Gasteiger partial charge in [-0.15, -0.1) is 0 Å². The zero-order valence-corrected chi connectivity index (χ0v) is 17.2. The molecule has 0 aliphatic rings. The van der Waals surface area contributed by atoms with Gasteiger partial charge in [0.25, 0.3) is 5.56 Å². The van der Waals surface area contributed by atoms with Crippen molar-refractivity contribution in [3.05, 3.63) is 75.2 Å². The van der Waals surface area contributed by atoms with Crippen LogP contribution in [-0.2, 0) is 4.79 Å². The molecule has 0 fully saturated rings. The van der Waals surface area contributed by atoms with Gasteiger partial charge in [0.05, 0.1) is 5.52 Å². The van der Waals surface area contributed by atoms with Crippen LogP contribution >= 0.6 is 11.6 Å². The van der Waals surface area contributed by atoms with Gasteiger partial charge < -0.3 is 5.32 Å². The minimum Gasteiger partial charge on any atom is -0.324 e. The average molecular weight is 409 g/mol. The predicted octanol–water partition coefficient (Wildman–Crippen LogP) is 4.51. The van der Waals surface area contributed by atoms with Gasteiger partial charge in [-0.05, 0) is 50.1 Å². The van der Waals surface area contributed by atoms with Gasteiger partial charge in [0.2, 0.25) is 5.91 Å². The van der Waals surface area contributed by atoms with Crippen LogP contribution in [0, 0.1) is 13.8 Å². The first-order valence-electron chi connectivity index (χ1n) is 9.48. The number of fused-ring (bicyclic) bond motifs is 3. The van der Waals surface area contributed by atoms with E-state index in [1.807, 2.05) is 66.4 Å². The van der Waals surface area contributed by atoms with Crippen molar-refractivity contribution in [1.29, 1.82) is 0 Å². The lowest BCUT2D eigenvalue weighted by Gasteiger charge is -2.21. The molecule has 4 aromatic rings. The lowest BCUT2D eigenvalue weighted by atomic mass is 10.1. The number of carbonyl (C=O) groups excluding carboxylic acids is 1. The lowest BCUT2D eigenvalue weighted by molar-refractivity contribution is -0.119. The highest BCUT2D eigenvalue weighted by atomic mass is 35.5. The Morgan fingerprint density at radius 1 is 1.17 bits per heavy atom. The summed E-state index contributed by atoms with van der Waals surface area (Å²) in [6, 6.07) is 14.1. The number of anilines is 1. The molecule has 2 aromatic carbocycles. The van der Waals surface area contributed by atoms with Gasteiger partial charge in [-0.3, -0.25) is 14.3 Å². The van der Waals surface area contributed by atoms with E-state index in [2.05, 4.69) is 10.3 Å². The van der Waals surface area contributed by atoms with Gasteiger partial charge >= 0.3 is 0 Å². The summed E-state index contributed by atoms with van der Waals surface area (Å²) in [6.07, 6.45) is 0.560. The van der Waals surface area contributed by atoms with Crippen molar-refractivity contribution in [3.63, 3.8) is 0 Å². The lowest BCUT2D eigenvalue weighted by Crippen LogP contribution is -2.29. The van der Waals surface area contributed by atoms with Crippen molar-refractivity contribution >= 4 is 39.7 Å². The van der Waals surface area contributed by atoms with E-state index in [0.717, 1.165) is 22.2 Å². The normalized spacial score (nSPS) is 12.4. The quantitative estimate of drug-likeness (QED) is 0.540. The fourth-order valence-electron chi connectivity index (χ4n) is 3.74. The summed E-state index contributed by atoms with van der Waals surface area (Å²) in [6.45, 7) is 5.68. The van der Waals surface area contributed by atoms with Gasteiger partial charge in [-0.1, -0.05) is 36.7 Å². The van der Waals surface area contributed by atoms with E-state index in [1.54, 1.807) is 6.07 Å². The highest BCUT2D eigenvalue weighted by Crippen LogP contribution is 2.28. The second-order valence-electron chi connectivity index (χ2n) is 7.06. The molecule has 0 saturated carbocycles. The summed E-state index contributed by atoms with van der Waals surface area (Å²) in [5.74, 6) is -0.154. The first-order valence-corrected chi connectivity index (χ1v) is 9.85. The third-order valence-electron chi connectivity index (χ3n) is 5.20. The average Bonchev–Trinajstić information content (AvgIpc) is 3.01. The summed E-state index contributed by atoms with van der Waals surface area (Å²) in [5.41, 5.74) is 3.33. The smallest absolute Gasteiger partial charge is 0.273 e. The van der Waals surface area contributed by atoms with E-state index in [1.165, 1.54) is 6.07 Å². The van der Waals surface area contributed by atoms with Crippen LogP contribution in [0.3, 0.4) is 0 Å². The molecule has 1 amide bonds. The highest BCUT2D eigenvalue weighted by molar-refractivity contribution is 6.31. The van der Waals surface area contributed by atoms with Gasteiger partial charge in [-0.25, -0.2) is 4.52 Å². The number of para-hydroxylation sites is 1. The molecular weight excluding hydrogens is 388 g/mol. The number of benzene rings is 2. The third kappa shape index (κ3) is 3.19. The summed E-state index contributed by atoms with van der Waals surface area (Å²) >= 11 is 6.20. The Kier molecular flexibility index (Phi) is 4.88. The molecular formula is C22H21ClN4O2. The molecule has 7 heteroatoms. The molecule has 0 spiro atoms. The molecule has 148 valence electrons. The SMILES string of the molecule is CCC(C(=O)Nc1cccc(Cl)c1C)n1c2ccccc2c2nc(=O)cc(C)n21. The van der Waals surface area contributed by atoms with Crippen LogP contribution in [0.15, 0.2) is 53.3 Å². The van der Waals surface area contributed by atoms with Crippen molar-refractivity contribution in [1.82, 2.24) is 14.2 Å². The Labute approximate surface area is 172 Å². The molecule has 0 radical (unpaired) electrons. The maximum atomic E-state index is 13.3. The van der Waals surface area contributed by atoms with Crippen LogP contribution in [0.2, 0.25) is 5.02 Å². The Bertz CT molecular complexity index is 1310. The van der Waals surface area contributed by atoms with Crippen molar-refractivity contribution < 1.29 is 4.79 Å². The third-order valence-corrected chi connectivity index (χ3v) is 5.61. The molecule has 29 heavy (non-hydrogen) atoms. The Morgan fingerprint density at radius 3 is 2.69 bits per heavy atom. The molecule has 1 atom stereocenters. The fourth-order valence-corrected chi connectivity index (χ4v) is 3.92. The fraction of sp³-hybridized carbons (Fsp3) is 0.227. The van der Waals surface area contributed by atoms with Crippen molar-refractivity contribution in [2.45, 2.75) is 33.2 Å². The number of carbonyl (C=O) groups is 1. The van der Waals surface area contributed by atoms with Gasteiger partial charge in [0.15, 0.2) is 5.65 Å². The Morgan fingerprint density at radius 2 is 1.93 bits per heavy atom. The first-order chi connectivity index (χ1) is 13.9. The summed E-state index contributed by atoms with van der Waals surface area (Å²) in [4.78, 5) is 29.5. The topological polar surface area (TPSA) is 68.4 Å². The van der Waals surface area contributed by atoms with E-state index in [0.29, 0.717) is 22.8 Å². The van der Waals surface area contributed by atoms with Gasteiger partial charge in [0, 0.05) is 27.9 Å². The second-order valence-corrected chi connectivity index (χ2v) is 7.47. The van der Waals surface area contributed by atoms with Crippen LogP contribution in [-0.4, -0.2) is 20.1 Å². The van der Waals surface area contributed by atoms with E-state index >= 15 is 0 Å². The van der Waals surface area contributed by atoms with Crippen molar-refractivity contribution in [2.75, 3.05) is 5.32 Å². The number of hydrogen-bond acceptors (Lipinski definition) is 3. The number of aryl methyl sites for hydroxylation is 1. The molecule has 6 nitrogen and oxygen atoms in total. The summed E-state index contributed by atoms with van der Waals surface area (Å²) in [7, 11) is 0. The number of aromatic nitrogens is 3. The predicted molar refractivity (Wildman–Crippen MR) is 116 cm³/mol. The molecule has 4 rings (SSSR count). The number of amides is 1. The molecule has 1 N–H and O–H groups in total. The van der Waals surface area contributed by atoms with Gasteiger partial charge in [0.1, 0.15) is 6.04 Å². The van der Waals surface area contributed by atoms with Gasteiger partial charge in [-0.2, -0.15) is 4.98 Å². The van der Waals surface area contributed by atoms with E-state index < -0.39 is 6.04 Å². The second kappa shape index (κ2) is 7.37. The van der Waals surface area contributed by atoms with Crippen molar-refractivity contribution in [2.24, 2.45) is 0 Å². The minimum absolute atomic E-state index is 0.154. The standard InChI is InChI=1S/C22H21ClN4O2/c1-4-18(22(29)24-17-10-7-9-16(23)14(17)3)27-19-11-6-5-8-15(19)21-25-20(28)12-13(2)26(21)27/h5-12,18H,4H2,1-3H3,(H,24,29). The van der Waals surface area contributed by atoms with Crippen molar-refractivity contribution in [3.8, 4) is 0 Å². The monoisotopic (exact) mass is 408 g/mol. The number of nitrogens with zero attached hydrogens (tertiary/aromatic N) is 3. The molecule has 2 heterocycles. The Hall–Kier alpha value is -3.12. The highest BCUT2D eigenvalue weighted by Gasteiger charge is 2.25. The van der Waals surface area contributed by atoms with Crippen LogP contribution < -0.4 is 10.9 Å². The van der Waals surface area contributed by atoms with E-state index in [9.17, 15) is 9.59 Å². The number of hydrogen-bond donors (Lipinski definition) is 1. The maximum Gasteiger partial charge on any atom is 0.273 e. The summed E-state index contributed by atoms with van der Waals surface area (Å²) in [5, 5.41) is 4.44. The Balaban J connectivity index is 1.90. The maximum absolute atomic E-state index is 13.3. The molecule has 0 bridgehead atoms. The first kappa shape index (κ1) is 19.2. The number of rotatable bonds is 4. The van der Waals surface area contributed by atoms with Crippen LogP contribution in [0.4, 0.5) is 5.69 Å². The number of halogens is 1. The zero-order valence-electron chi connectivity index (χ0n) is 16.4. The number of nitrogens with one attached hydrogen (secondary N) is 1. The van der Waals surface area contributed by atoms with Crippen LogP contribution in [0.1, 0.15) is 30.6 Å². The minimum atomic E-state index is -0.501. The van der Waals surface area contributed by atoms with E-state index in [-0.39, 0.29) is 11.5 Å². The van der Waals surface area contributed by atoms with Crippen LogP contribution in [0.25, 0.3) is 16.6 Å². The summed E-state index contributed by atoms with van der Waals surface area (Å²) < 4.78 is 3.77. The molecule has 1 unspecified atom stereocenters. The molecule has 0 aliphatic carbocycles. The van der Waals surface area contributed by atoms with E-state index in [4.69, 9.17) is 11.6 Å². The zero-order chi connectivity index (χ0) is 20.7. The molecule has 2 aromatic heterocycles. The largest absolute Gasteiger partial charge is 0.324 e.